The van der Waals surface area contributed by atoms with E-state index in [0.717, 1.165) is 25.7 Å². The molecule has 0 aliphatic heterocycles. The summed E-state index contributed by atoms with van der Waals surface area (Å²) in [5.41, 5.74) is -1.81. The number of unbranched alkanes of at least 4 members (excludes halogenated alkanes) is 3. The average molecular weight is 204 g/mol. The molecule has 0 aromatic rings. The molecule has 84 valence electrons. The van der Waals surface area contributed by atoms with Gasteiger partial charge in [-0.2, -0.15) is 0 Å². The molecule has 0 saturated carbocycles. The summed E-state index contributed by atoms with van der Waals surface area (Å²) in [5.74, 6) is -0.725. The lowest BCUT2D eigenvalue weighted by Crippen LogP contribution is -2.31. The number of alkyl halides is 1. The molecule has 0 amide bonds. The minimum Gasteiger partial charge on any atom is -0.463 e. The molecule has 2 nitrogen and oxygen atoms in total. The van der Waals surface area contributed by atoms with Crippen LogP contribution < -0.4 is 0 Å². The summed E-state index contributed by atoms with van der Waals surface area (Å²) in [4.78, 5) is 11.1. The largest absolute Gasteiger partial charge is 0.463 e. The number of ether oxygens (including phenoxy) is 1. The van der Waals surface area contributed by atoms with Gasteiger partial charge in [0.05, 0.1) is 6.61 Å². The molecule has 0 N–H and O–H groups in total. The van der Waals surface area contributed by atoms with E-state index in [0.29, 0.717) is 6.61 Å². The number of esters is 1. The van der Waals surface area contributed by atoms with E-state index < -0.39 is 11.6 Å². The molecule has 0 fully saturated rings. The molecule has 0 heterocycles. The fraction of sp³-hybridized carbons (Fsp3) is 0.909. The molecule has 0 saturated heterocycles. The molecule has 1 unspecified atom stereocenters. The van der Waals surface area contributed by atoms with Gasteiger partial charge >= 0.3 is 5.97 Å². The van der Waals surface area contributed by atoms with Gasteiger partial charge in [0, 0.05) is 0 Å². The van der Waals surface area contributed by atoms with Gasteiger partial charge in [0.2, 0.25) is 5.67 Å². The molecule has 0 spiro atoms. The molecule has 0 aliphatic rings. The molecule has 3 heteroatoms. The normalized spacial score (nSPS) is 14.9. The zero-order valence-corrected chi connectivity index (χ0v) is 9.44. The van der Waals surface area contributed by atoms with Crippen LogP contribution in [0.3, 0.4) is 0 Å². The van der Waals surface area contributed by atoms with Gasteiger partial charge < -0.3 is 4.74 Å². The Morgan fingerprint density at radius 1 is 1.29 bits per heavy atom. The summed E-state index contributed by atoms with van der Waals surface area (Å²) in [5, 5.41) is 0. The lowest BCUT2D eigenvalue weighted by atomic mass is 10.1. The van der Waals surface area contributed by atoms with E-state index >= 15 is 0 Å². The molecule has 0 radical (unpaired) electrons. The summed E-state index contributed by atoms with van der Waals surface area (Å²) in [6, 6.07) is 0. The molecular weight excluding hydrogens is 183 g/mol. The standard InChI is InChI=1S/C11H21FO2/c1-4-6-7-8-9-14-10(13)11(3,12)5-2/h4-9H2,1-3H3. The summed E-state index contributed by atoms with van der Waals surface area (Å²) in [6.07, 6.45) is 4.32. The second kappa shape index (κ2) is 6.80. The van der Waals surface area contributed by atoms with E-state index in [9.17, 15) is 9.18 Å². The van der Waals surface area contributed by atoms with E-state index in [-0.39, 0.29) is 6.42 Å². The zero-order chi connectivity index (χ0) is 11.0. The van der Waals surface area contributed by atoms with Crippen molar-refractivity contribution in [1.82, 2.24) is 0 Å². The first-order chi connectivity index (χ1) is 6.54. The first kappa shape index (κ1) is 13.4. The van der Waals surface area contributed by atoms with Crippen LogP contribution in [0.4, 0.5) is 4.39 Å². The smallest absolute Gasteiger partial charge is 0.343 e. The Kier molecular flexibility index (Phi) is 6.50. The lowest BCUT2D eigenvalue weighted by Gasteiger charge is -2.16. The maximum absolute atomic E-state index is 13.3. The molecule has 0 aliphatic carbocycles. The first-order valence-electron chi connectivity index (χ1n) is 5.40. The van der Waals surface area contributed by atoms with Crippen LogP contribution >= 0.6 is 0 Å². The van der Waals surface area contributed by atoms with Crippen molar-refractivity contribution in [1.29, 1.82) is 0 Å². The molecule has 0 aromatic heterocycles. The summed E-state index contributed by atoms with van der Waals surface area (Å²) < 4.78 is 18.1. The average Bonchev–Trinajstić information content (AvgIpc) is 2.17. The molecule has 1 atom stereocenters. The van der Waals surface area contributed by atoms with Crippen LogP contribution in [0.1, 0.15) is 52.9 Å². The fourth-order valence-corrected chi connectivity index (χ4v) is 0.989. The van der Waals surface area contributed by atoms with Crippen molar-refractivity contribution in [3.8, 4) is 0 Å². The van der Waals surface area contributed by atoms with Gasteiger partial charge in [0.15, 0.2) is 0 Å². The predicted molar refractivity (Wildman–Crippen MR) is 54.9 cm³/mol. The number of hydrogen-bond donors (Lipinski definition) is 0. The summed E-state index contributed by atoms with van der Waals surface area (Å²) in [7, 11) is 0. The highest BCUT2D eigenvalue weighted by Crippen LogP contribution is 2.16. The topological polar surface area (TPSA) is 26.3 Å². The monoisotopic (exact) mass is 204 g/mol. The fourth-order valence-electron chi connectivity index (χ4n) is 0.989. The van der Waals surface area contributed by atoms with Crippen molar-refractivity contribution in [3.63, 3.8) is 0 Å². The van der Waals surface area contributed by atoms with E-state index in [1.807, 2.05) is 0 Å². The van der Waals surface area contributed by atoms with Gasteiger partial charge in [0.25, 0.3) is 0 Å². The van der Waals surface area contributed by atoms with Crippen LogP contribution in [0.25, 0.3) is 0 Å². The predicted octanol–water partition coefficient (Wildman–Crippen LogP) is 3.25. The summed E-state index contributed by atoms with van der Waals surface area (Å²) >= 11 is 0. The third-order valence-corrected chi connectivity index (χ3v) is 2.32. The third-order valence-electron chi connectivity index (χ3n) is 2.32. The van der Waals surface area contributed by atoms with Crippen LogP contribution in [-0.4, -0.2) is 18.2 Å². The number of hydrogen-bond acceptors (Lipinski definition) is 2. The highest BCUT2D eigenvalue weighted by molar-refractivity contribution is 5.78. The number of carbonyl (C=O) groups excluding carboxylic acids is 1. The Morgan fingerprint density at radius 3 is 2.43 bits per heavy atom. The van der Waals surface area contributed by atoms with Crippen molar-refractivity contribution < 1.29 is 13.9 Å². The molecule has 0 bridgehead atoms. The first-order valence-corrected chi connectivity index (χ1v) is 5.40. The molecule has 0 aromatic carbocycles. The lowest BCUT2D eigenvalue weighted by molar-refractivity contribution is -0.157. The maximum atomic E-state index is 13.3. The minimum atomic E-state index is -1.81. The van der Waals surface area contributed by atoms with Gasteiger partial charge in [-0.3, -0.25) is 0 Å². The van der Waals surface area contributed by atoms with E-state index in [2.05, 4.69) is 6.92 Å². The van der Waals surface area contributed by atoms with Crippen LogP contribution in [-0.2, 0) is 9.53 Å². The van der Waals surface area contributed by atoms with Crippen molar-refractivity contribution in [2.24, 2.45) is 0 Å². The van der Waals surface area contributed by atoms with Gasteiger partial charge in [-0.25, -0.2) is 9.18 Å². The second-order valence-electron chi connectivity index (χ2n) is 3.75. The van der Waals surface area contributed by atoms with Crippen LogP contribution in [0.5, 0.6) is 0 Å². The summed E-state index contributed by atoms with van der Waals surface area (Å²) in [6.45, 7) is 5.36. The van der Waals surface area contributed by atoms with Crippen LogP contribution in [0, 0.1) is 0 Å². The van der Waals surface area contributed by atoms with Crippen molar-refractivity contribution in [3.05, 3.63) is 0 Å². The van der Waals surface area contributed by atoms with Crippen LogP contribution in [0.15, 0.2) is 0 Å². The zero-order valence-electron chi connectivity index (χ0n) is 9.44. The quantitative estimate of drug-likeness (QED) is 0.470. The number of carbonyl (C=O) groups is 1. The van der Waals surface area contributed by atoms with Gasteiger partial charge in [-0.15, -0.1) is 0 Å². The van der Waals surface area contributed by atoms with E-state index in [4.69, 9.17) is 4.74 Å². The Labute approximate surface area is 85.8 Å². The Bertz CT molecular complexity index is 167. The van der Waals surface area contributed by atoms with Gasteiger partial charge in [-0.1, -0.05) is 33.1 Å². The minimum absolute atomic E-state index is 0.167. The highest BCUT2D eigenvalue weighted by Gasteiger charge is 2.32. The molecule has 14 heavy (non-hydrogen) atoms. The Hall–Kier alpha value is -0.600. The van der Waals surface area contributed by atoms with Crippen molar-refractivity contribution in [2.75, 3.05) is 6.61 Å². The van der Waals surface area contributed by atoms with Crippen molar-refractivity contribution >= 4 is 5.97 Å². The number of halogens is 1. The van der Waals surface area contributed by atoms with Crippen LogP contribution in [0.2, 0.25) is 0 Å². The van der Waals surface area contributed by atoms with Crippen molar-refractivity contribution in [2.45, 2.75) is 58.5 Å². The highest BCUT2D eigenvalue weighted by atomic mass is 19.1. The Morgan fingerprint density at radius 2 is 1.93 bits per heavy atom. The third kappa shape index (κ3) is 5.20. The van der Waals surface area contributed by atoms with E-state index in [1.165, 1.54) is 6.92 Å². The molecule has 0 rings (SSSR count). The van der Waals surface area contributed by atoms with Gasteiger partial charge in [0.1, 0.15) is 0 Å². The maximum Gasteiger partial charge on any atom is 0.343 e. The number of rotatable bonds is 7. The second-order valence-corrected chi connectivity index (χ2v) is 3.75. The molecular formula is C11H21FO2. The van der Waals surface area contributed by atoms with E-state index in [1.54, 1.807) is 6.92 Å². The Balaban J connectivity index is 3.54. The SMILES string of the molecule is CCCCCCOC(=O)C(C)(F)CC. The van der Waals surface area contributed by atoms with Gasteiger partial charge in [-0.05, 0) is 19.8 Å².